The summed E-state index contributed by atoms with van der Waals surface area (Å²) in [7, 11) is 0. The lowest BCUT2D eigenvalue weighted by molar-refractivity contribution is 0.282. The van der Waals surface area contributed by atoms with E-state index in [1.165, 1.54) is 135 Å². The zero-order chi connectivity index (χ0) is 26.3. The third-order valence-corrected chi connectivity index (χ3v) is 5.34. The Hall–Kier alpha value is -0.0400. The van der Waals surface area contributed by atoms with E-state index in [2.05, 4.69) is 62.3 Å². The first kappa shape index (κ1) is 43.1. The Morgan fingerprint density at radius 3 is 0.576 bits per heavy atom. The van der Waals surface area contributed by atoms with Crippen LogP contribution in [0.3, 0.4) is 0 Å². The minimum atomic E-state index is 0.367. The molecule has 0 aliphatic carbocycles. The first-order valence-corrected chi connectivity index (χ1v) is 15.7. The molecule has 0 atom stereocenters. The smallest absolute Gasteiger partial charge is 0.0431 e. The predicted molar refractivity (Wildman–Crippen MR) is 160 cm³/mol. The topological polar surface area (TPSA) is 20.2 Å². The maximum absolute atomic E-state index is 8.42. The zero-order valence-corrected chi connectivity index (χ0v) is 25.7. The molecule has 0 aliphatic rings. The molecule has 0 amide bonds. The molecule has 0 aromatic carbocycles. The van der Waals surface area contributed by atoms with Crippen LogP contribution in [0.2, 0.25) is 0 Å². The van der Waals surface area contributed by atoms with Crippen LogP contribution in [-0.4, -0.2) is 11.7 Å². The average Bonchev–Trinajstić information content (AvgIpc) is 2.85. The first-order valence-electron chi connectivity index (χ1n) is 15.7. The highest BCUT2D eigenvalue weighted by Crippen LogP contribution is 2.03. The summed E-state index contributed by atoms with van der Waals surface area (Å²) in [6, 6.07) is 0. The normalized spacial score (nSPS) is 9.27. The summed E-state index contributed by atoms with van der Waals surface area (Å²) >= 11 is 0. The molecule has 0 heterocycles. The molecular formula is C32H74O. The molecule has 0 radical (unpaired) electrons. The van der Waals surface area contributed by atoms with Gasteiger partial charge in [-0.25, -0.2) is 0 Å². The molecule has 0 rings (SSSR count). The Balaban J connectivity index is -0.000000100. The van der Waals surface area contributed by atoms with Gasteiger partial charge in [0.15, 0.2) is 0 Å². The van der Waals surface area contributed by atoms with Gasteiger partial charge < -0.3 is 5.11 Å². The summed E-state index contributed by atoms with van der Waals surface area (Å²) < 4.78 is 0. The molecule has 0 spiro atoms. The molecule has 0 saturated heterocycles. The quantitative estimate of drug-likeness (QED) is 0.196. The van der Waals surface area contributed by atoms with Gasteiger partial charge in [-0.1, -0.05) is 197 Å². The highest BCUT2D eigenvalue weighted by molar-refractivity contribution is 4.41. The van der Waals surface area contributed by atoms with Crippen LogP contribution < -0.4 is 0 Å². The van der Waals surface area contributed by atoms with Gasteiger partial charge in [-0.3, -0.25) is 0 Å². The van der Waals surface area contributed by atoms with E-state index in [1.807, 2.05) is 0 Å². The second-order valence-corrected chi connectivity index (χ2v) is 9.32. The highest BCUT2D eigenvalue weighted by Gasteiger charge is 1.86. The number of aliphatic hydroxyl groups is 1. The van der Waals surface area contributed by atoms with Crippen LogP contribution in [0.4, 0.5) is 0 Å². The van der Waals surface area contributed by atoms with Gasteiger partial charge in [0.05, 0.1) is 0 Å². The zero-order valence-electron chi connectivity index (χ0n) is 25.7. The molecule has 1 N–H and O–H groups in total. The van der Waals surface area contributed by atoms with Crippen molar-refractivity contribution in [3.63, 3.8) is 0 Å². The maximum atomic E-state index is 8.42. The summed E-state index contributed by atoms with van der Waals surface area (Å²) in [5.41, 5.74) is 0. The number of rotatable bonds is 18. The van der Waals surface area contributed by atoms with Crippen molar-refractivity contribution in [1.82, 2.24) is 0 Å². The summed E-state index contributed by atoms with van der Waals surface area (Å²) in [6.07, 6.45) is 29.6. The van der Waals surface area contributed by atoms with Crippen LogP contribution in [-0.2, 0) is 0 Å². The fourth-order valence-electron chi connectivity index (χ4n) is 2.89. The molecule has 0 unspecified atom stereocenters. The molecule has 208 valence electrons. The lowest BCUT2D eigenvalue weighted by atomic mass is 10.1. The molecule has 0 saturated carbocycles. The molecule has 0 aliphatic heterocycles. The molecule has 1 nitrogen and oxygen atoms in total. The summed E-state index contributed by atoms with van der Waals surface area (Å²) in [4.78, 5) is 0. The van der Waals surface area contributed by atoms with Crippen LogP contribution in [0.25, 0.3) is 0 Å². The minimum absolute atomic E-state index is 0.367. The standard InChI is InChI=1S/C8H18O.4C6H14/c1-2-3-4-5-6-7-8-9;4*1-3-5-6-4-2/h9H,2-8H2,1H3;4*3-6H2,1-2H3. The van der Waals surface area contributed by atoms with Crippen LogP contribution >= 0.6 is 0 Å². The van der Waals surface area contributed by atoms with Gasteiger partial charge in [0.25, 0.3) is 0 Å². The van der Waals surface area contributed by atoms with Crippen molar-refractivity contribution in [3.05, 3.63) is 0 Å². The molecular weight excluding hydrogens is 400 g/mol. The van der Waals surface area contributed by atoms with Gasteiger partial charge in [-0.15, -0.1) is 0 Å². The van der Waals surface area contributed by atoms with Crippen LogP contribution in [0, 0.1) is 0 Å². The van der Waals surface area contributed by atoms with E-state index in [9.17, 15) is 0 Å². The Labute approximate surface area is 215 Å². The van der Waals surface area contributed by atoms with Crippen LogP contribution in [0.15, 0.2) is 0 Å². The van der Waals surface area contributed by atoms with Crippen molar-refractivity contribution in [3.8, 4) is 0 Å². The Morgan fingerprint density at radius 2 is 0.394 bits per heavy atom. The monoisotopic (exact) mass is 475 g/mol. The van der Waals surface area contributed by atoms with Crippen LogP contribution in [0.5, 0.6) is 0 Å². The molecule has 0 bridgehead atoms. The maximum Gasteiger partial charge on any atom is 0.0431 e. The Bertz CT molecular complexity index is 161. The van der Waals surface area contributed by atoms with Crippen molar-refractivity contribution >= 4 is 0 Å². The lowest BCUT2D eigenvalue weighted by Gasteiger charge is -1.95. The van der Waals surface area contributed by atoms with Crippen molar-refractivity contribution in [2.75, 3.05) is 6.61 Å². The van der Waals surface area contributed by atoms with Gasteiger partial charge in [-0.2, -0.15) is 0 Å². The largest absolute Gasteiger partial charge is 0.396 e. The number of unbranched alkanes of at least 4 members (excludes halogenated alkanes) is 17. The van der Waals surface area contributed by atoms with Crippen molar-refractivity contribution in [2.45, 2.75) is 204 Å². The third-order valence-electron chi connectivity index (χ3n) is 5.34. The van der Waals surface area contributed by atoms with Gasteiger partial charge in [0, 0.05) is 6.61 Å². The molecule has 1 heteroatoms. The average molecular weight is 475 g/mol. The van der Waals surface area contributed by atoms with Gasteiger partial charge >= 0.3 is 0 Å². The Kier molecular flexibility index (Phi) is 75.8. The summed E-state index contributed by atoms with van der Waals surface area (Å²) in [6.45, 7) is 20.4. The second kappa shape index (κ2) is 58.1. The van der Waals surface area contributed by atoms with Gasteiger partial charge in [-0.05, 0) is 6.42 Å². The van der Waals surface area contributed by atoms with E-state index < -0.39 is 0 Å². The van der Waals surface area contributed by atoms with E-state index in [-0.39, 0.29) is 0 Å². The fourth-order valence-corrected chi connectivity index (χ4v) is 2.89. The van der Waals surface area contributed by atoms with E-state index >= 15 is 0 Å². The molecule has 0 aromatic heterocycles. The van der Waals surface area contributed by atoms with E-state index in [0.29, 0.717) is 6.61 Å². The summed E-state index contributed by atoms with van der Waals surface area (Å²) in [5.74, 6) is 0. The molecule has 0 fully saturated rings. The number of hydrogen-bond acceptors (Lipinski definition) is 1. The molecule has 0 aromatic rings. The first-order chi connectivity index (χ1) is 16.1. The van der Waals surface area contributed by atoms with Crippen LogP contribution in [0.1, 0.15) is 204 Å². The van der Waals surface area contributed by atoms with Crippen molar-refractivity contribution in [1.29, 1.82) is 0 Å². The number of aliphatic hydroxyl groups excluding tert-OH is 1. The SMILES string of the molecule is CCCCCC.CCCCCC.CCCCCC.CCCCCC.CCCCCCCCO. The van der Waals surface area contributed by atoms with Gasteiger partial charge in [0.1, 0.15) is 0 Å². The molecule has 33 heavy (non-hydrogen) atoms. The third kappa shape index (κ3) is 88.9. The van der Waals surface area contributed by atoms with Crippen molar-refractivity contribution < 1.29 is 5.11 Å². The second-order valence-electron chi connectivity index (χ2n) is 9.32. The van der Waals surface area contributed by atoms with Gasteiger partial charge in [0.2, 0.25) is 0 Å². The number of hydrogen-bond donors (Lipinski definition) is 1. The Morgan fingerprint density at radius 1 is 0.242 bits per heavy atom. The van der Waals surface area contributed by atoms with E-state index in [4.69, 9.17) is 5.11 Å². The van der Waals surface area contributed by atoms with E-state index in [0.717, 1.165) is 6.42 Å². The van der Waals surface area contributed by atoms with Crippen molar-refractivity contribution in [2.24, 2.45) is 0 Å². The predicted octanol–water partition coefficient (Wildman–Crippen LogP) is 12.7. The van der Waals surface area contributed by atoms with E-state index in [1.54, 1.807) is 0 Å². The fraction of sp³-hybridized carbons (Fsp3) is 1.00. The summed E-state index contributed by atoms with van der Waals surface area (Å²) in [5, 5.41) is 8.42. The lowest BCUT2D eigenvalue weighted by Crippen LogP contribution is -1.82. The highest BCUT2D eigenvalue weighted by atomic mass is 16.2. The minimum Gasteiger partial charge on any atom is -0.396 e.